The Kier molecular flexibility index (Phi) is 5.06. The first-order valence-corrected chi connectivity index (χ1v) is 8.58. The maximum absolute atomic E-state index is 12.2. The van der Waals surface area contributed by atoms with Crippen molar-refractivity contribution < 1.29 is 9.53 Å². The van der Waals surface area contributed by atoms with E-state index in [2.05, 4.69) is 16.3 Å². The third-order valence-corrected chi connectivity index (χ3v) is 5.12. The van der Waals surface area contributed by atoms with Crippen LogP contribution in [0.4, 0.5) is 5.69 Å². The van der Waals surface area contributed by atoms with Gasteiger partial charge in [-0.25, -0.2) is 0 Å². The third-order valence-electron chi connectivity index (χ3n) is 5.12. The first kappa shape index (κ1) is 16.1. The number of benzene rings is 1. The largest absolute Gasteiger partial charge is 0.495 e. The van der Waals surface area contributed by atoms with Crippen LogP contribution in [0.2, 0.25) is 0 Å². The lowest BCUT2D eigenvalue weighted by atomic mass is 10.1. The highest BCUT2D eigenvalue weighted by molar-refractivity contribution is 5.79. The summed E-state index contributed by atoms with van der Waals surface area (Å²) >= 11 is 0. The Morgan fingerprint density at radius 3 is 2.91 bits per heavy atom. The van der Waals surface area contributed by atoms with Crippen LogP contribution in [0.5, 0.6) is 5.75 Å². The zero-order chi connectivity index (χ0) is 16.2. The highest BCUT2D eigenvalue weighted by Crippen LogP contribution is 2.32. The minimum Gasteiger partial charge on any atom is -0.495 e. The second-order valence-corrected chi connectivity index (χ2v) is 6.79. The Bertz CT molecular complexity index is 549. The van der Waals surface area contributed by atoms with Crippen molar-refractivity contribution in [3.8, 4) is 5.75 Å². The van der Waals surface area contributed by atoms with Crippen LogP contribution in [0.3, 0.4) is 0 Å². The lowest BCUT2D eigenvalue weighted by Crippen LogP contribution is -2.35. The van der Waals surface area contributed by atoms with Crippen LogP contribution < -0.4 is 20.7 Å². The van der Waals surface area contributed by atoms with Gasteiger partial charge in [0.2, 0.25) is 5.91 Å². The summed E-state index contributed by atoms with van der Waals surface area (Å²) < 4.78 is 5.45. The number of methoxy groups -OCH3 is 1. The molecule has 1 aromatic rings. The zero-order valence-electron chi connectivity index (χ0n) is 13.8. The van der Waals surface area contributed by atoms with Crippen molar-refractivity contribution in [3.05, 3.63) is 24.3 Å². The van der Waals surface area contributed by atoms with E-state index in [0.717, 1.165) is 56.8 Å². The molecule has 3 rings (SSSR count). The highest BCUT2D eigenvalue weighted by Gasteiger charge is 2.29. The van der Waals surface area contributed by atoms with E-state index in [1.807, 2.05) is 18.2 Å². The molecule has 3 atom stereocenters. The second kappa shape index (κ2) is 7.21. The molecule has 1 amide bonds. The molecule has 0 radical (unpaired) electrons. The Morgan fingerprint density at radius 1 is 1.35 bits per heavy atom. The van der Waals surface area contributed by atoms with Crippen LogP contribution in [-0.2, 0) is 4.79 Å². The van der Waals surface area contributed by atoms with Gasteiger partial charge in [0.15, 0.2) is 0 Å². The third kappa shape index (κ3) is 3.78. The van der Waals surface area contributed by atoms with Gasteiger partial charge >= 0.3 is 0 Å². The molecule has 1 aliphatic heterocycles. The van der Waals surface area contributed by atoms with Gasteiger partial charge in [-0.15, -0.1) is 0 Å². The quantitative estimate of drug-likeness (QED) is 0.868. The number of hydrogen-bond acceptors (Lipinski definition) is 4. The monoisotopic (exact) mass is 317 g/mol. The fourth-order valence-corrected chi connectivity index (χ4v) is 3.75. The highest BCUT2D eigenvalue weighted by atomic mass is 16.5. The van der Waals surface area contributed by atoms with Gasteiger partial charge in [-0.1, -0.05) is 12.1 Å². The van der Waals surface area contributed by atoms with E-state index in [9.17, 15) is 4.79 Å². The Morgan fingerprint density at radius 2 is 2.17 bits per heavy atom. The maximum Gasteiger partial charge on any atom is 0.223 e. The summed E-state index contributed by atoms with van der Waals surface area (Å²) in [5.74, 6) is 1.72. The molecular formula is C18H27N3O2. The molecule has 1 aromatic carbocycles. The Labute approximate surface area is 138 Å². The van der Waals surface area contributed by atoms with Gasteiger partial charge < -0.3 is 20.7 Å². The fourth-order valence-electron chi connectivity index (χ4n) is 3.75. The van der Waals surface area contributed by atoms with Gasteiger partial charge in [0, 0.05) is 31.6 Å². The smallest absolute Gasteiger partial charge is 0.223 e. The predicted octanol–water partition coefficient (Wildman–Crippen LogP) is 1.77. The molecule has 3 N–H and O–H groups in total. The van der Waals surface area contributed by atoms with Crippen molar-refractivity contribution in [1.29, 1.82) is 0 Å². The van der Waals surface area contributed by atoms with Crippen molar-refractivity contribution in [2.75, 3.05) is 31.6 Å². The molecule has 1 saturated heterocycles. The minimum absolute atomic E-state index is 0.122. The number of nitrogens with zero attached hydrogens (tertiary/aromatic N) is 1. The standard InChI is InChI=1S/C18H27N3O2/c1-23-17-5-3-2-4-16(17)21-9-8-13(12-21)11-20-18(22)14-6-7-15(19)10-14/h2-5,13-15H,6-12,19H2,1H3,(H,20,22)/t13-,14-,15-/m1/s1. The Hall–Kier alpha value is -1.75. The number of para-hydroxylation sites is 2. The number of hydrogen-bond donors (Lipinski definition) is 2. The molecule has 0 aromatic heterocycles. The number of ether oxygens (including phenoxy) is 1. The van der Waals surface area contributed by atoms with Crippen LogP contribution in [0.1, 0.15) is 25.7 Å². The first-order valence-electron chi connectivity index (χ1n) is 8.58. The molecule has 2 aliphatic rings. The molecule has 0 unspecified atom stereocenters. The van der Waals surface area contributed by atoms with Crippen LogP contribution in [-0.4, -0.2) is 38.7 Å². The number of nitrogens with two attached hydrogens (primary N) is 1. The van der Waals surface area contributed by atoms with Crippen LogP contribution >= 0.6 is 0 Å². The molecule has 23 heavy (non-hydrogen) atoms. The van der Waals surface area contributed by atoms with Crippen molar-refractivity contribution in [3.63, 3.8) is 0 Å². The van der Waals surface area contributed by atoms with E-state index >= 15 is 0 Å². The molecule has 1 saturated carbocycles. The normalized spacial score (nSPS) is 27.2. The summed E-state index contributed by atoms with van der Waals surface area (Å²) in [6, 6.07) is 8.32. The molecule has 1 heterocycles. The molecule has 126 valence electrons. The molecule has 1 aliphatic carbocycles. The number of carbonyl (C=O) groups excluding carboxylic acids is 1. The summed E-state index contributed by atoms with van der Waals surface area (Å²) in [5, 5.41) is 3.14. The number of amides is 1. The molecule has 0 bridgehead atoms. The van der Waals surface area contributed by atoms with E-state index in [1.54, 1.807) is 7.11 Å². The van der Waals surface area contributed by atoms with Gasteiger partial charge in [0.1, 0.15) is 5.75 Å². The van der Waals surface area contributed by atoms with Gasteiger partial charge in [0.05, 0.1) is 12.8 Å². The van der Waals surface area contributed by atoms with Gasteiger partial charge in [-0.3, -0.25) is 4.79 Å². The molecular weight excluding hydrogens is 290 g/mol. The van der Waals surface area contributed by atoms with E-state index in [1.165, 1.54) is 0 Å². The average Bonchev–Trinajstić information content (AvgIpc) is 3.21. The van der Waals surface area contributed by atoms with E-state index in [4.69, 9.17) is 10.5 Å². The maximum atomic E-state index is 12.2. The van der Waals surface area contributed by atoms with Crippen molar-refractivity contribution >= 4 is 11.6 Å². The van der Waals surface area contributed by atoms with Crippen LogP contribution in [0.25, 0.3) is 0 Å². The summed E-state index contributed by atoms with van der Waals surface area (Å²) in [5.41, 5.74) is 7.04. The number of anilines is 1. The summed E-state index contributed by atoms with van der Waals surface area (Å²) in [7, 11) is 1.71. The predicted molar refractivity (Wildman–Crippen MR) is 91.6 cm³/mol. The first-order chi connectivity index (χ1) is 11.2. The lowest BCUT2D eigenvalue weighted by molar-refractivity contribution is -0.125. The lowest BCUT2D eigenvalue weighted by Gasteiger charge is -2.21. The Balaban J connectivity index is 1.49. The average molecular weight is 317 g/mol. The van der Waals surface area contributed by atoms with E-state index in [-0.39, 0.29) is 17.9 Å². The fraction of sp³-hybridized carbons (Fsp3) is 0.611. The number of rotatable bonds is 5. The van der Waals surface area contributed by atoms with Crippen molar-refractivity contribution in [2.45, 2.75) is 31.7 Å². The van der Waals surface area contributed by atoms with E-state index in [0.29, 0.717) is 5.92 Å². The topological polar surface area (TPSA) is 67.6 Å². The van der Waals surface area contributed by atoms with Crippen LogP contribution in [0.15, 0.2) is 24.3 Å². The second-order valence-electron chi connectivity index (χ2n) is 6.79. The molecule has 5 heteroatoms. The number of nitrogens with one attached hydrogen (secondary N) is 1. The minimum atomic E-state index is 0.122. The summed E-state index contributed by atoms with van der Waals surface area (Å²) in [6.45, 7) is 2.73. The van der Waals surface area contributed by atoms with Gasteiger partial charge in [-0.2, -0.15) is 0 Å². The summed E-state index contributed by atoms with van der Waals surface area (Å²) in [4.78, 5) is 14.5. The SMILES string of the molecule is COc1ccccc1N1CC[C@H](CNC(=O)[C@@H]2CC[C@@H](N)C2)C1. The molecule has 0 spiro atoms. The molecule has 5 nitrogen and oxygen atoms in total. The van der Waals surface area contributed by atoms with Crippen molar-refractivity contribution in [1.82, 2.24) is 5.32 Å². The zero-order valence-corrected chi connectivity index (χ0v) is 13.8. The number of carbonyl (C=O) groups is 1. The van der Waals surface area contributed by atoms with Gasteiger partial charge in [-0.05, 0) is 43.7 Å². The molecule has 2 fully saturated rings. The van der Waals surface area contributed by atoms with E-state index < -0.39 is 0 Å². The summed E-state index contributed by atoms with van der Waals surface area (Å²) in [6.07, 6.45) is 3.85. The van der Waals surface area contributed by atoms with Crippen molar-refractivity contribution in [2.24, 2.45) is 17.6 Å². The van der Waals surface area contributed by atoms with Crippen LogP contribution in [0, 0.1) is 11.8 Å². The van der Waals surface area contributed by atoms with Gasteiger partial charge in [0.25, 0.3) is 0 Å².